The molecule has 0 aliphatic heterocycles. The Hall–Kier alpha value is -1.41. The maximum Gasteiger partial charge on any atom is 0.135 e. The van der Waals surface area contributed by atoms with Crippen LogP contribution >= 0.6 is 11.6 Å². The van der Waals surface area contributed by atoms with Gasteiger partial charge in [-0.3, -0.25) is 0 Å². The predicted molar refractivity (Wildman–Crippen MR) is 66.7 cm³/mol. The van der Waals surface area contributed by atoms with Gasteiger partial charge in [0.05, 0.1) is 5.69 Å². The Balaban J connectivity index is 2.68. The summed E-state index contributed by atoms with van der Waals surface area (Å²) < 4.78 is 0. The number of benzene rings is 1. The van der Waals surface area contributed by atoms with Crippen LogP contribution in [-0.4, -0.2) is 9.97 Å². The third kappa shape index (κ3) is 1.81. The number of rotatable bonds is 1. The summed E-state index contributed by atoms with van der Waals surface area (Å²) in [5.41, 5.74) is 5.47. The summed E-state index contributed by atoms with van der Waals surface area (Å²) in [7, 11) is 0. The molecule has 0 amide bonds. The molecule has 0 fully saturated rings. The van der Waals surface area contributed by atoms with Gasteiger partial charge in [0.1, 0.15) is 11.5 Å². The molecule has 0 unspecified atom stereocenters. The second kappa shape index (κ2) is 4.22. The molecule has 2 rings (SSSR count). The van der Waals surface area contributed by atoms with Gasteiger partial charge in [0.25, 0.3) is 0 Å². The van der Waals surface area contributed by atoms with Crippen molar-refractivity contribution >= 4 is 11.6 Å². The first-order chi connectivity index (χ1) is 7.61. The van der Waals surface area contributed by atoms with E-state index in [2.05, 4.69) is 35.9 Å². The number of halogens is 1. The van der Waals surface area contributed by atoms with Crippen LogP contribution in [0.2, 0.25) is 5.15 Å². The molecule has 1 aromatic heterocycles. The van der Waals surface area contributed by atoms with Crippen molar-refractivity contribution < 1.29 is 0 Å². The largest absolute Gasteiger partial charge is 0.236 e. The van der Waals surface area contributed by atoms with Crippen LogP contribution in [0.3, 0.4) is 0 Å². The van der Waals surface area contributed by atoms with Gasteiger partial charge in [-0.25, -0.2) is 9.97 Å². The quantitative estimate of drug-likeness (QED) is 0.701. The summed E-state index contributed by atoms with van der Waals surface area (Å²) in [6, 6.07) is 6.19. The van der Waals surface area contributed by atoms with E-state index in [0.29, 0.717) is 5.15 Å². The third-order valence-corrected chi connectivity index (χ3v) is 3.26. The summed E-state index contributed by atoms with van der Waals surface area (Å²) in [6.07, 6.45) is 1.51. The highest BCUT2D eigenvalue weighted by Crippen LogP contribution is 2.28. The Bertz CT molecular complexity index is 486. The van der Waals surface area contributed by atoms with Crippen molar-refractivity contribution in [3.05, 3.63) is 46.4 Å². The van der Waals surface area contributed by atoms with Crippen LogP contribution in [0.25, 0.3) is 11.3 Å². The van der Waals surface area contributed by atoms with Gasteiger partial charge in [-0.15, -0.1) is 0 Å². The third-order valence-electron chi connectivity index (χ3n) is 2.88. The monoisotopic (exact) mass is 232 g/mol. The van der Waals surface area contributed by atoms with E-state index in [0.717, 1.165) is 16.8 Å². The second-order valence-corrected chi connectivity index (χ2v) is 4.24. The first kappa shape index (κ1) is 11.1. The molecule has 2 nitrogen and oxygen atoms in total. The molecule has 0 aliphatic rings. The van der Waals surface area contributed by atoms with Crippen LogP contribution in [0.5, 0.6) is 0 Å². The molecule has 0 saturated heterocycles. The summed E-state index contributed by atoms with van der Waals surface area (Å²) in [6.45, 7) is 6.14. The smallest absolute Gasteiger partial charge is 0.135 e. The number of aryl methyl sites for hydroxylation is 1. The van der Waals surface area contributed by atoms with Crippen molar-refractivity contribution in [3.63, 3.8) is 0 Å². The first-order valence-electron chi connectivity index (χ1n) is 5.15. The van der Waals surface area contributed by atoms with Crippen molar-refractivity contribution in [2.45, 2.75) is 20.8 Å². The van der Waals surface area contributed by atoms with Crippen LogP contribution in [0.15, 0.2) is 24.5 Å². The number of nitrogens with zero attached hydrogens (tertiary/aromatic N) is 2. The Labute approximate surface area is 100 Å². The average molecular weight is 233 g/mol. The zero-order valence-corrected chi connectivity index (χ0v) is 10.3. The summed E-state index contributed by atoms with van der Waals surface area (Å²) in [5.74, 6) is 0. The van der Waals surface area contributed by atoms with Crippen LogP contribution in [0.4, 0.5) is 0 Å². The molecule has 0 saturated carbocycles. The van der Waals surface area contributed by atoms with Gasteiger partial charge < -0.3 is 0 Å². The molecule has 0 spiro atoms. The standard InChI is InChI=1S/C13H13ClN2/c1-8-5-4-6-11(9(8)2)12-10(3)13(14)16-7-15-12/h4-7H,1-3H3. The average Bonchev–Trinajstić information content (AvgIpc) is 2.27. The Morgan fingerprint density at radius 3 is 2.50 bits per heavy atom. The van der Waals surface area contributed by atoms with Gasteiger partial charge >= 0.3 is 0 Å². The van der Waals surface area contributed by atoms with E-state index in [9.17, 15) is 0 Å². The first-order valence-corrected chi connectivity index (χ1v) is 5.52. The lowest BCUT2D eigenvalue weighted by Gasteiger charge is -2.10. The van der Waals surface area contributed by atoms with Gasteiger partial charge in [-0.2, -0.15) is 0 Å². The minimum absolute atomic E-state index is 0.519. The lowest BCUT2D eigenvalue weighted by atomic mass is 9.99. The molecule has 0 aliphatic carbocycles. The van der Waals surface area contributed by atoms with E-state index < -0.39 is 0 Å². The summed E-state index contributed by atoms with van der Waals surface area (Å²) in [4.78, 5) is 8.29. The predicted octanol–water partition coefficient (Wildman–Crippen LogP) is 3.72. The minimum atomic E-state index is 0.519. The molecule has 1 aromatic carbocycles. The van der Waals surface area contributed by atoms with Crippen molar-refractivity contribution in [1.29, 1.82) is 0 Å². The van der Waals surface area contributed by atoms with Crippen molar-refractivity contribution in [1.82, 2.24) is 9.97 Å². The Morgan fingerprint density at radius 2 is 1.75 bits per heavy atom. The molecule has 16 heavy (non-hydrogen) atoms. The molecule has 82 valence electrons. The Kier molecular flexibility index (Phi) is 2.92. The molecule has 0 atom stereocenters. The van der Waals surface area contributed by atoms with E-state index in [1.54, 1.807) is 0 Å². The molecule has 1 heterocycles. The normalized spacial score (nSPS) is 10.5. The molecular formula is C13H13ClN2. The van der Waals surface area contributed by atoms with Gasteiger partial charge in [0.15, 0.2) is 0 Å². The van der Waals surface area contributed by atoms with E-state index in [4.69, 9.17) is 11.6 Å². The maximum atomic E-state index is 6.00. The van der Waals surface area contributed by atoms with Crippen LogP contribution in [0, 0.1) is 20.8 Å². The summed E-state index contributed by atoms with van der Waals surface area (Å²) in [5, 5.41) is 0.519. The SMILES string of the molecule is Cc1cccc(-c2ncnc(Cl)c2C)c1C. The fraction of sp³-hybridized carbons (Fsp3) is 0.231. The lowest BCUT2D eigenvalue weighted by Crippen LogP contribution is -1.95. The molecule has 3 heteroatoms. The lowest BCUT2D eigenvalue weighted by molar-refractivity contribution is 1.13. The maximum absolute atomic E-state index is 6.00. The van der Waals surface area contributed by atoms with Gasteiger partial charge in [-0.05, 0) is 31.9 Å². The zero-order chi connectivity index (χ0) is 11.7. The molecule has 0 N–H and O–H groups in total. The Morgan fingerprint density at radius 1 is 1.00 bits per heavy atom. The van der Waals surface area contributed by atoms with Gasteiger partial charge in [0, 0.05) is 11.1 Å². The zero-order valence-electron chi connectivity index (χ0n) is 9.58. The van der Waals surface area contributed by atoms with E-state index in [1.807, 2.05) is 13.0 Å². The highest BCUT2D eigenvalue weighted by atomic mass is 35.5. The van der Waals surface area contributed by atoms with Gasteiger partial charge in [0.2, 0.25) is 0 Å². The van der Waals surface area contributed by atoms with E-state index in [1.165, 1.54) is 17.5 Å². The van der Waals surface area contributed by atoms with E-state index >= 15 is 0 Å². The molecule has 0 bridgehead atoms. The van der Waals surface area contributed by atoms with Crippen molar-refractivity contribution in [2.24, 2.45) is 0 Å². The fourth-order valence-corrected chi connectivity index (χ4v) is 1.84. The molecule has 2 aromatic rings. The second-order valence-electron chi connectivity index (χ2n) is 3.89. The molecular weight excluding hydrogens is 220 g/mol. The summed E-state index contributed by atoms with van der Waals surface area (Å²) >= 11 is 6.00. The van der Waals surface area contributed by atoms with Crippen molar-refractivity contribution in [3.8, 4) is 11.3 Å². The minimum Gasteiger partial charge on any atom is -0.236 e. The fourth-order valence-electron chi connectivity index (χ4n) is 1.71. The van der Waals surface area contributed by atoms with Crippen LogP contribution in [0.1, 0.15) is 16.7 Å². The van der Waals surface area contributed by atoms with E-state index in [-0.39, 0.29) is 0 Å². The van der Waals surface area contributed by atoms with Crippen LogP contribution < -0.4 is 0 Å². The number of aromatic nitrogens is 2. The highest BCUT2D eigenvalue weighted by molar-refractivity contribution is 6.30. The van der Waals surface area contributed by atoms with Crippen LogP contribution in [-0.2, 0) is 0 Å². The van der Waals surface area contributed by atoms with Crippen molar-refractivity contribution in [2.75, 3.05) is 0 Å². The number of hydrogen-bond acceptors (Lipinski definition) is 2. The van der Waals surface area contributed by atoms with Gasteiger partial charge in [-0.1, -0.05) is 29.8 Å². The topological polar surface area (TPSA) is 25.8 Å². The molecule has 0 radical (unpaired) electrons. The highest BCUT2D eigenvalue weighted by Gasteiger charge is 2.10. The number of hydrogen-bond donors (Lipinski definition) is 0.